The lowest BCUT2D eigenvalue weighted by molar-refractivity contribution is -0.118. The maximum absolute atomic E-state index is 12.9. The van der Waals surface area contributed by atoms with Gasteiger partial charge in [-0.05, 0) is 66.7 Å². The molecule has 0 aliphatic carbocycles. The van der Waals surface area contributed by atoms with E-state index in [2.05, 4.69) is 25.9 Å². The van der Waals surface area contributed by atoms with E-state index in [1.54, 1.807) is 53.5 Å². The molecule has 0 aliphatic rings. The predicted molar refractivity (Wildman–Crippen MR) is 109 cm³/mol. The molecule has 0 radical (unpaired) electrons. The van der Waals surface area contributed by atoms with Gasteiger partial charge in [0.05, 0.1) is 0 Å². The minimum absolute atomic E-state index is 0.177. The summed E-state index contributed by atoms with van der Waals surface area (Å²) in [7, 11) is 0. The summed E-state index contributed by atoms with van der Waals surface area (Å²) in [5.41, 5.74) is 1.41. The van der Waals surface area contributed by atoms with Gasteiger partial charge in [-0.2, -0.15) is 5.10 Å². The third kappa shape index (κ3) is 4.96. The molecule has 150 valence electrons. The van der Waals surface area contributed by atoms with Crippen molar-refractivity contribution in [2.75, 3.05) is 17.2 Å². The zero-order chi connectivity index (χ0) is 20.8. The maximum Gasteiger partial charge on any atom is 0.262 e. The van der Waals surface area contributed by atoms with Crippen LogP contribution in [0.1, 0.15) is 0 Å². The number of hydrogen-bond acceptors (Lipinski definition) is 6. The lowest BCUT2D eigenvalue weighted by atomic mass is 10.2. The smallest absolute Gasteiger partial charge is 0.262 e. The number of anilines is 3. The molecule has 0 aliphatic heterocycles. The second kappa shape index (κ2) is 8.82. The maximum atomic E-state index is 12.9. The molecule has 4 aromatic rings. The van der Waals surface area contributed by atoms with Gasteiger partial charge in [-0.25, -0.2) is 9.07 Å². The third-order valence-electron chi connectivity index (χ3n) is 4.01. The molecule has 0 atom stereocenters. The Morgan fingerprint density at radius 1 is 0.967 bits per heavy atom. The first-order valence-electron chi connectivity index (χ1n) is 9.05. The molecule has 0 saturated heterocycles. The second-order valence-corrected chi connectivity index (χ2v) is 6.22. The van der Waals surface area contributed by atoms with E-state index >= 15 is 0 Å². The molecule has 0 fully saturated rings. The molecule has 9 heteroatoms. The fourth-order valence-electron chi connectivity index (χ4n) is 2.58. The molecule has 4 rings (SSSR count). The van der Waals surface area contributed by atoms with Crippen molar-refractivity contribution in [1.29, 1.82) is 0 Å². The Balaban J connectivity index is 1.29. The number of carbonyl (C=O) groups excluding carboxylic acids is 1. The third-order valence-corrected chi connectivity index (χ3v) is 4.01. The number of hydrogen-bond donors (Lipinski definition) is 2. The van der Waals surface area contributed by atoms with E-state index in [0.29, 0.717) is 23.1 Å². The minimum Gasteiger partial charge on any atom is -0.484 e. The summed E-state index contributed by atoms with van der Waals surface area (Å²) in [6.45, 7) is -0.177. The Labute approximate surface area is 171 Å². The monoisotopic (exact) mass is 404 g/mol. The highest BCUT2D eigenvalue weighted by Crippen LogP contribution is 2.18. The number of carbonyl (C=O) groups is 1. The van der Waals surface area contributed by atoms with Gasteiger partial charge in [-0.3, -0.25) is 4.79 Å². The Morgan fingerprint density at radius 3 is 2.40 bits per heavy atom. The number of halogens is 1. The number of amides is 1. The van der Waals surface area contributed by atoms with Crippen molar-refractivity contribution in [3.05, 3.63) is 84.9 Å². The Kier molecular flexibility index (Phi) is 5.61. The molecule has 0 bridgehead atoms. The molecular weight excluding hydrogens is 387 g/mol. The average molecular weight is 404 g/mol. The summed E-state index contributed by atoms with van der Waals surface area (Å²) >= 11 is 0. The largest absolute Gasteiger partial charge is 0.484 e. The van der Waals surface area contributed by atoms with E-state index < -0.39 is 0 Å². The standard InChI is InChI=1S/C21H17FN6O2/c22-15-2-8-18(9-3-15)30-14-21(29)25-17-6-4-16(5-7-17)24-19-10-11-20(27-26-19)28-13-1-12-23-28/h1-13H,14H2,(H,24,26)(H,25,29). The number of aromatic nitrogens is 4. The van der Waals surface area contributed by atoms with Gasteiger partial charge in [0.1, 0.15) is 11.6 Å². The molecule has 2 aromatic heterocycles. The normalized spacial score (nSPS) is 10.4. The molecule has 0 spiro atoms. The number of benzene rings is 2. The quantitative estimate of drug-likeness (QED) is 0.489. The molecule has 0 saturated carbocycles. The van der Waals surface area contributed by atoms with E-state index in [-0.39, 0.29) is 18.3 Å². The van der Waals surface area contributed by atoms with Crippen LogP contribution in [0.15, 0.2) is 79.1 Å². The summed E-state index contributed by atoms with van der Waals surface area (Å²) in [5, 5.41) is 18.2. The average Bonchev–Trinajstić information content (AvgIpc) is 3.30. The highest BCUT2D eigenvalue weighted by Gasteiger charge is 2.05. The van der Waals surface area contributed by atoms with Crippen LogP contribution in [0.25, 0.3) is 5.82 Å². The van der Waals surface area contributed by atoms with Crippen molar-refractivity contribution < 1.29 is 13.9 Å². The minimum atomic E-state index is -0.361. The van der Waals surface area contributed by atoms with E-state index in [4.69, 9.17) is 4.74 Å². The summed E-state index contributed by atoms with van der Waals surface area (Å²) in [4.78, 5) is 12.0. The van der Waals surface area contributed by atoms with Crippen LogP contribution in [0.5, 0.6) is 5.75 Å². The molecule has 2 aromatic carbocycles. The highest BCUT2D eigenvalue weighted by molar-refractivity contribution is 5.92. The van der Waals surface area contributed by atoms with Crippen LogP contribution in [-0.4, -0.2) is 32.5 Å². The fourth-order valence-corrected chi connectivity index (χ4v) is 2.58. The van der Waals surface area contributed by atoms with E-state index in [1.807, 2.05) is 6.07 Å². The van der Waals surface area contributed by atoms with Crippen molar-refractivity contribution in [3.8, 4) is 11.6 Å². The molecule has 1 amide bonds. The van der Waals surface area contributed by atoms with Gasteiger partial charge in [0.25, 0.3) is 5.91 Å². The molecule has 2 N–H and O–H groups in total. The van der Waals surface area contributed by atoms with Crippen molar-refractivity contribution in [2.45, 2.75) is 0 Å². The Bertz CT molecular complexity index is 1100. The van der Waals surface area contributed by atoms with Crippen LogP contribution in [-0.2, 0) is 4.79 Å². The van der Waals surface area contributed by atoms with E-state index in [0.717, 1.165) is 5.69 Å². The summed E-state index contributed by atoms with van der Waals surface area (Å²) < 4.78 is 19.8. The van der Waals surface area contributed by atoms with Crippen LogP contribution >= 0.6 is 0 Å². The van der Waals surface area contributed by atoms with Crippen LogP contribution in [0.2, 0.25) is 0 Å². The van der Waals surface area contributed by atoms with Gasteiger partial charge in [-0.15, -0.1) is 10.2 Å². The molecule has 0 unspecified atom stereocenters. The van der Waals surface area contributed by atoms with Gasteiger partial charge < -0.3 is 15.4 Å². The molecule has 2 heterocycles. The van der Waals surface area contributed by atoms with Crippen LogP contribution in [0, 0.1) is 5.82 Å². The van der Waals surface area contributed by atoms with Gasteiger partial charge in [-0.1, -0.05) is 0 Å². The summed E-state index contributed by atoms with van der Waals surface area (Å²) in [5.74, 6) is 0.938. The Hall–Kier alpha value is -4.27. The molecule has 30 heavy (non-hydrogen) atoms. The van der Waals surface area contributed by atoms with Crippen molar-refractivity contribution in [1.82, 2.24) is 20.0 Å². The topological polar surface area (TPSA) is 94.0 Å². The van der Waals surface area contributed by atoms with E-state index in [1.165, 1.54) is 24.3 Å². The number of nitrogens with zero attached hydrogens (tertiary/aromatic N) is 4. The SMILES string of the molecule is O=C(COc1ccc(F)cc1)Nc1ccc(Nc2ccc(-n3cccn3)nn2)cc1. The van der Waals surface area contributed by atoms with Crippen molar-refractivity contribution in [3.63, 3.8) is 0 Å². The van der Waals surface area contributed by atoms with Gasteiger partial charge >= 0.3 is 0 Å². The zero-order valence-electron chi connectivity index (χ0n) is 15.7. The van der Waals surface area contributed by atoms with E-state index in [9.17, 15) is 9.18 Å². The highest BCUT2D eigenvalue weighted by atomic mass is 19.1. The lowest BCUT2D eigenvalue weighted by Gasteiger charge is -2.09. The van der Waals surface area contributed by atoms with Gasteiger partial charge in [0.2, 0.25) is 0 Å². The fraction of sp³-hybridized carbons (Fsp3) is 0.0476. The predicted octanol–water partition coefficient (Wildman–Crippen LogP) is 3.56. The summed E-state index contributed by atoms with van der Waals surface area (Å²) in [6.07, 6.45) is 3.46. The lowest BCUT2D eigenvalue weighted by Crippen LogP contribution is -2.20. The van der Waals surface area contributed by atoms with Gasteiger partial charge in [0, 0.05) is 23.8 Å². The van der Waals surface area contributed by atoms with Crippen molar-refractivity contribution >= 4 is 23.1 Å². The van der Waals surface area contributed by atoms with Gasteiger partial charge in [0.15, 0.2) is 18.2 Å². The second-order valence-electron chi connectivity index (χ2n) is 6.22. The van der Waals surface area contributed by atoms with Crippen LogP contribution in [0.4, 0.5) is 21.6 Å². The molecular formula is C21H17FN6O2. The number of rotatable bonds is 7. The number of nitrogens with one attached hydrogen (secondary N) is 2. The summed E-state index contributed by atoms with van der Waals surface area (Å²) in [6, 6.07) is 18.0. The molecule has 8 nitrogen and oxygen atoms in total. The number of ether oxygens (including phenoxy) is 1. The first kappa shape index (κ1) is 19.1. The first-order valence-corrected chi connectivity index (χ1v) is 9.05. The Morgan fingerprint density at radius 2 is 1.73 bits per heavy atom. The zero-order valence-corrected chi connectivity index (χ0v) is 15.7. The van der Waals surface area contributed by atoms with Crippen molar-refractivity contribution in [2.24, 2.45) is 0 Å². The van der Waals surface area contributed by atoms with Crippen LogP contribution < -0.4 is 15.4 Å². The van der Waals surface area contributed by atoms with Crippen LogP contribution in [0.3, 0.4) is 0 Å². The first-order chi connectivity index (χ1) is 14.7.